The molecule has 0 spiro atoms. The first-order valence-corrected chi connectivity index (χ1v) is 8.36. The van der Waals surface area contributed by atoms with Crippen LogP contribution in [0.15, 0.2) is 26.8 Å². The fourth-order valence-corrected chi connectivity index (χ4v) is 4.47. The Morgan fingerprint density at radius 3 is 1.42 bits per heavy atom. The zero-order valence-electron chi connectivity index (χ0n) is 8.62. The number of phenols is 1. The molecule has 0 aliphatic rings. The molecule has 1 aromatic rings. The zero-order chi connectivity index (χ0) is 15.2. The van der Waals surface area contributed by atoms with Crippen molar-refractivity contribution in [2.24, 2.45) is 0 Å². The molecule has 13 heteroatoms. The van der Waals surface area contributed by atoms with Gasteiger partial charge in [0.2, 0.25) is 0 Å². The van der Waals surface area contributed by atoms with E-state index in [9.17, 15) is 30.4 Å². The lowest BCUT2D eigenvalue weighted by molar-refractivity contribution is 0.425. The Hall–Kier alpha value is -1.25. The molecular weight excluding hydrogens is 328 g/mol. The van der Waals surface area contributed by atoms with Gasteiger partial charge in [0.25, 0.3) is 30.4 Å². The first-order chi connectivity index (χ1) is 8.26. The smallest absolute Gasteiger partial charge is 0.299 e. The maximum atomic E-state index is 11.0. The molecule has 0 aliphatic carbocycles. The lowest BCUT2D eigenvalue weighted by Gasteiger charge is -2.10. The largest absolute Gasteiger partial charge is 0.506 e. The summed E-state index contributed by atoms with van der Waals surface area (Å²) in [6, 6.07) is 0.739. The molecule has 0 bridgehead atoms. The zero-order valence-corrected chi connectivity index (χ0v) is 11.1. The van der Waals surface area contributed by atoms with Gasteiger partial charge in [-0.2, -0.15) is 25.3 Å². The molecule has 0 radical (unpaired) electrons. The van der Waals surface area contributed by atoms with E-state index < -0.39 is 50.8 Å². The first kappa shape index (κ1) is 15.8. The van der Waals surface area contributed by atoms with E-state index in [0.717, 1.165) is 0 Å². The Morgan fingerprint density at radius 2 is 1.11 bits per heavy atom. The third kappa shape index (κ3) is 3.20. The van der Waals surface area contributed by atoms with Gasteiger partial charge in [0, 0.05) is 0 Å². The van der Waals surface area contributed by atoms with E-state index in [1.807, 2.05) is 0 Å². The summed E-state index contributed by atoms with van der Waals surface area (Å²) >= 11 is 0. The summed E-state index contributed by atoms with van der Waals surface area (Å²) in [7, 11) is -16.1. The van der Waals surface area contributed by atoms with E-state index >= 15 is 0 Å². The maximum absolute atomic E-state index is 11.0. The predicted molar refractivity (Wildman–Crippen MR) is 57.6 cm³/mol. The monoisotopic (exact) mass is 334 g/mol. The molecule has 1 rings (SSSR count). The second kappa shape index (κ2) is 4.39. The number of hydrogen-bond acceptors (Lipinski definition) is 7. The van der Waals surface area contributed by atoms with Crippen molar-refractivity contribution in [3.63, 3.8) is 0 Å². The van der Waals surface area contributed by atoms with Gasteiger partial charge in [-0.05, 0) is 12.1 Å². The number of phenolic OH excluding ortho intramolecular Hbond substituents is 1. The van der Waals surface area contributed by atoms with Crippen LogP contribution >= 0.6 is 0 Å². The van der Waals surface area contributed by atoms with Crippen molar-refractivity contribution in [2.75, 3.05) is 0 Å². The summed E-state index contributed by atoms with van der Waals surface area (Å²) in [6.45, 7) is 0. The standard InChI is InChI=1S/C6H6O10S3/c7-3-1-2-4(17(8,9)10)6(19(14,15)16)5(3)18(11,12)13/h1-2,7H,(H,8,9,10)(H,11,12,13)(H,14,15,16). The van der Waals surface area contributed by atoms with Gasteiger partial charge >= 0.3 is 0 Å². The van der Waals surface area contributed by atoms with E-state index in [0.29, 0.717) is 12.1 Å². The van der Waals surface area contributed by atoms with Crippen LogP contribution in [0.3, 0.4) is 0 Å². The SMILES string of the molecule is O=S(=O)(O)c1ccc(O)c(S(=O)(=O)O)c1S(=O)(=O)O. The molecule has 19 heavy (non-hydrogen) atoms. The van der Waals surface area contributed by atoms with Crippen molar-refractivity contribution in [1.29, 1.82) is 0 Å². The van der Waals surface area contributed by atoms with Crippen LogP contribution in [0, 0.1) is 0 Å². The Labute approximate surface area is 107 Å². The third-order valence-corrected chi connectivity index (χ3v) is 4.87. The van der Waals surface area contributed by atoms with E-state index in [4.69, 9.17) is 13.7 Å². The molecule has 0 fully saturated rings. The number of hydrogen-bond donors (Lipinski definition) is 4. The molecule has 0 amide bonds. The summed E-state index contributed by atoms with van der Waals surface area (Å²) < 4.78 is 92.1. The molecule has 4 N–H and O–H groups in total. The van der Waals surface area contributed by atoms with Gasteiger partial charge in [0.15, 0.2) is 4.90 Å². The van der Waals surface area contributed by atoms with E-state index in [2.05, 4.69) is 0 Å². The van der Waals surface area contributed by atoms with E-state index in [1.165, 1.54) is 0 Å². The maximum Gasteiger partial charge on any atom is 0.299 e. The summed E-state index contributed by atoms with van der Waals surface area (Å²) in [5.74, 6) is -1.33. The highest BCUT2D eigenvalue weighted by atomic mass is 32.2. The summed E-state index contributed by atoms with van der Waals surface area (Å²) in [5.41, 5.74) is 0. The number of aromatic hydroxyl groups is 1. The summed E-state index contributed by atoms with van der Waals surface area (Å²) in [6.07, 6.45) is 0. The molecule has 1 aromatic carbocycles. The number of benzene rings is 1. The predicted octanol–water partition coefficient (Wildman–Crippen LogP) is -0.868. The van der Waals surface area contributed by atoms with Gasteiger partial charge in [0.1, 0.15) is 15.5 Å². The fraction of sp³-hybridized carbons (Fsp3) is 0. The molecule has 0 aromatic heterocycles. The van der Waals surface area contributed by atoms with Crippen molar-refractivity contribution in [2.45, 2.75) is 14.7 Å². The Bertz CT molecular complexity index is 829. The minimum Gasteiger partial charge on any atom is -0.506 e. The molecule has 0 aliphatic heterocycles. The quantitative estimate of drug-likeness (QED) is 0.507. The van der Waals surface area contributed by atoms with Crippen LogP contribution in [-0.4, -0.2) is 44.0 Å². The topological polar surface area (TPSA) is 183 Å². The lowest BCUT2D eigenvalue weighted by Crippen LogP contribution is -2.14. The minimum absolute atomic E-state index is 0.336. The Balaban J connectivity index is 4.18. The Morgan fingerprint density at radius 1 is 0.684 bits per heavy atom. The molecule has 10 nitrogen and oxygen atoms in total. The highest BCUT2D eigenvalue weighted by Gasteiger charge is 2.34. The van der Waals surface area contributed by atoms with Crippen molar-refractivity contribution < 1.29 is 44.0 Å². The van der Waals surface area contributed by atoms with Gasteiger partial charge in [0.05, 0.1) is 0 Å². The molecular formula is C6H6O10S3. The fourth-order valence-electron chi connectivity index (χ4n) is 1.23. The molecule has 0 saturated carbocycles. The first-order valence-electron chi connectivity index (χ1n) is 4.04. The van der Waals surface area contributed by atoms with Gasteiger partial charge in [-0.3, -0.25) is 13.7 Å². The van der Waals surface area contributed by atoms with E-state index in [-0.39, 0.29) is 0 Å². The average Bonchev–Trinajstić information content (AvgIpc) is 2.11. The van der Waals surface area contributed by atoms with Crippen molar-refractivity contribution in [3.8, 4) is 5.75 Å². The second-order valence-electron chi connectivity index (χ2n) is 3.17. The average molecular weight is 334 g/mol. The van der Waals surface area contributed by atoms with Gasteiger partial charge < -0.3 is 5.11 Å². The van der Waals surface area contributed by atoms with Crippen molar-refractivity contribution in [3.05, 3.63) is 12.1 Å². The molecule has 108 valence electrons. The highest BCUT2D eigenvalue weighted by Crippen LogP contribution is 2.34. The molecule has 0 atom stereocenters. The van der Waals surface area contributed by atoms with Gasteiger partial charge in [-0.1, -0.05) is 0 Å². The summed E-state index contributed by atoms with van der Waals surface area (Å²) in [4.78, 5) is -5.12. The van der Waals surface area contributed by atoms with Crippen molar-refractivity contribution in [1.82, 2.24) is 0 Å². The van der Waals surface area contributed by atoms with Crippen LogP contribution in [0.4, 0.5) is 0 Å². The van der Waals surface area contributed by atoms with Crippen LogP contribution in [0.5, 0.6) is 5.75 Å². The van der Waals surface area contributed by atoms with Crippen molar-refractivity contribution >= 4 is 30.4 Å². The highest BCUT2D eigenvalue weighted by molar-refractivity contribution is 7.90. The molecule has 0 unspecified atom stereocenters. The molecule has 0 saturated heterocycles. The van der Waals surface area contributed by atoms with E-state index in [1.54, 1.807) is 0 Å². The van der Waals surface area contributed by atoms with Crippen LogP contribution < -0.4 is 0 Å². The number of rotatable bonds is 3. The second-order valence-corrected chi connectivity index (χ2v) is 7.27. The summed E-state index contributed by atoms with van der Waals surface area (Å²) in [5, 5.41) is 9.19. The minimum atomic E-state index is -5.49. The normalized spacial score (nSPS) is 13.4. The van der Waals surface area contributed by atoms with Crippen LogP contribution in [0.1, 0.15) is 0 Å². The van der Waals surface area contributed by atoms with Gasteiger partial charge in [-0.25, -0.2) is 0 Å². The van der Waals surface area contributed by atoms with Crippen LogP contribution in [-0.2, 0) is 30.4 Å². The molecule has 0 heterocycles. The van der Waals surface area contributed by atoms with Gasteiger partial charge in [-0.15, -0.1) is 0 Å². The lowest BCUT2D eigenvalue weighted by atomic mass is 10.3. The van der Waals surface area contributed by atoms with Crippen LogP contribution in [0.2, 0.25) is 0 Å². The third-order valence-electron chi connectivity index (χ3n) is 1.85. The Kier molecular flexibility index (Phi) is 3.66. The van der Waals surface area contributed by atoms with Crippen LogP contribution in [0.25, 0.3) is 0 Å².